The fourth-order valence-corrected chi connectivity index (χ4v) is 1.95. The predicted molar refractivity (Wildman–Crippen MR) is 66.4 cm³/mol. The molecule has 0 amide bonds. The Hall–Kier alpha value is -1.62. The van der Waals surface area contributed by atoms with Crippen molar-refractivity contribution in [3.63, 3.8) is 0 Å². The molecule has 1 saturated heterocycles. The maximum absolute atomic E-state index is 7.48. The predicted octanol–water partition coefficient (Wildman–Crippen LogP) is 0.839. The molecule has 0 aromatic carbocycles. The lowest BCUT2D eigenvalue weighted by atomic mass is 10.1. The molecule has 1 aromatic rings. The third-order valence-corrected chi connectivity index (χ3v) is 3.01. The van der Waals surface area contributed by atoms with E-state index in [2.05, 4.69) is 16.9 Å². The molecule has 0 unspecified atom stereocenters. The fourth-order valence-electron chi connectivity index (χ4n) is 1.95. The molecule has 0 bridgehead atoms. The molecule has 5 nitrogen and oxygen atoms in total. The number of nitrogens with one attached hydrogen (secondary N) is 1. The zero-order valence-corrected chi connectivity index (χ0v) is 10.0. The van der Waals surface area contributed by atoms with Gasteiger partial charge in [-0.15, -0.1) is 0 Å². The second-order valence-electron chi connectivity index (χ2n) is 4.39. The normalized spacial score (nSPS) is 17.9. The van der Waals surface area contributed by atoms with E-state index in [9.17, 15) is 0 Å². The Bertz CT molecular complexity index is 399. The van der Waals surface area contributed by atoms with Crippen LogP contribution in [-0.2, 0) is 0 Å². The molecule has 0 atom stereocenters. The minimum Gasteiger partial charge on any atom is -0.474 e. The van der Waals surface area contributed by atoms with Crippen molar-refractivity contribution in [2.75, 3.05) is 20.1 Å². The lowest BCUT2D eigenvalue weighted by Crippen LogP contribution is -2.36. The molecule has 2 rings (SSSR count). The van der Waals surface area contributed by atoms with Crippen molar-refractivity contribution in [3.8, 4) is 5.88 Å². The van der Waals surface area contributed by atoms with Gasteiger partial charge in [0.2, 0.25) is 5.88 Å². The summed E-state index contributed by atoms with van der Waals surface area (Å²) in [6.07, 6.45) is 3.82. The first-order valence-corrected chi connectivity index (χ1v) is 5.81. The number of likely N-dealkylation sites (tertiary alicyclic amines) is 1. The van der Waals surface area contributed by atoms with Gasteiger partial charge in [0, 0.05) is 19.3 Å². The number of piperidine rings is 1. The van der Waals surface area contributed by atoms with Gasteiger partial charge in [0.25, 0.3) is 0 Å². The minimum absolute atomic E-state index is 0.000951. The summed E-state index contributed by atoms with van der Waals surface area (Å²) in [5.41, 5.74) is 6.07. The van der Waals surface area contributed by atoms with Crippen LogP contribution in [0.4, 0.5) is 0 Å². The number of nitrogen functional groups attached to an aromatic ring is 1. The standard InChI is InChI=1S/C12H18N4O/c1-16-7-4-9(5-8-16)17-12-10(11(13)14)3-2-6-15-12/h2-3,6,9H,4-5,7-8H2,1H3,(H3,13,14). The Morgan fingerprint density at radius 3 is 2.88 bits per heavy atom. The van der Waals surface area contributed by atoms with E-state index in [-0.39, 0.29) is 11.9 Å². The van der Waals surface area contributed by atoms with Gasteiger partial charge in [0.1, 0.15) is 11.9 Å². The topological polar surface area (TPSA) is 75.2 Å². The van der Waals surface area contributed by atoms with E-state index in [0.717, 1.165) is 25.9 Å². The third-order valence-electron chi connectivity index (χ3n) is 3.01. The van der Waals surface area contributed by atoms with Crippen molar-refractivity contribution in [1.82, 2.24) is 9.88 Å². The number of hydrogen-bond donors (Lipinski definition) is 2. The highest BCUT2D eigenvalue weighted by molar-refractivity contribution is 5.96. The summed E-state index contributed by atoms with van der Waals surface area (Å²) in [5.74, 6) is 0.482. The van der Waals surface area contributed by atoms with E-state index < -0.39 is 0 Å². The highest BCUT2D eigenvalue weighted by Crippen LogP contribution is 2.19. The molecule has 5 heteroatoms. The van der Waals surface area contributed by atoms with Crippen LogP contribution < -0.4 is 10.5 Å². The molecule has 1 aliphatic heterocycles. The molecule has 0 saturated carbocycles. The number of ether oxygens (including phenoxy) is 1. The summed E-state index contributed by atoms with van der Waals surface area (Å²) in [5, 5.41) is 7.48. The van der Waals surface area contributed by atoms with Crippen LogP contribution >= 0.6 is 0 Å². The monoisotopic (exact) mass is 234 g/mol. The number of rotatable bonds is 3. The van der Waals surface area contributed by atoms with Crippen molar-refractivity contribution in [1.29, 1.82) is 5.41 Å². The Kier molecular flexibility index (Phi) is 3.58. The van der Waals surface area contributed by atoms with Crippen LogP contribution in [0.2, 0.25) is 0 Å². The van der Waals surface area contributed by atoms with E-state index in [0.29, 0.717) is 11.4 Å². The lowest BCUT2D eigenvalue weighted by molar-refractivity contribution is 0.110. The van der Waals surface area contributed by atoms with Crippen molar-refractivity contribution in [2.45, 2.75) is 18.9 Å². The van der Waals surface area contributed by atoms with E-state index in [1.807, 2.05) is 0 Å². The van der Waals surface area contributed by atoms with Crippen molar-refractivity contribution < 1.29 is 4.74 Å². The van der Waals surface area contributed by atoms with Gasteiger partial charge in [-0.25, -0.2) is 4.98 Å². The highest BCUT2D eigenvalue weighted by Gasteiger charge is 2.20. The number of aromatic nitrogens is 1. The SMILES string of the molecule is CN1CCC(Oc2ncccc2C(=N)N)CC1. The summed E-state index contributed by atoms with van der Waals surface area (Å²) < 4.78 is 5.84. The van der Waals surface area contributed by atoms with Gasteiger partial charge in [-0.1, -0.05) is 0 Å². The first-order chi connectivity index (χ1) is 8.16. The molecular formula is C12H18N4O. The smallest absolute Gasteiger partial charge is 0.224 e. The van der Waals surface area contributed by atoms with E-state index in [1.165, 1.54) is 0 Å². The first kappa shape index (κ1) is 11.9. The molecule has 1 aromatic heterocycles. The molecule has 0 spiro atoms. The van der Waals surface area contributed by atoms with Crippen LogP contribution in [0.25, 0.3) is 0 Å². The maximum atomic E-state index is 7.48. The molecule has 1 fully saturated rings. The van der Waals surface area contributed by atoms with Gasteiger partial charge in [0.05, 0.1) is 5.56 Å². The Morgan fingerprint density at radius 2 is 2.24 bits per heavy atom. The number of amidine groups is 1. The number of hydrogen-bond acceptors (Lipinski definition) is 4. The highest BCUT2D eigenvalue weighted by atomic mass is 16.5. The van der Waals surface area contributed by atoms with E-state index in [1.54, 1.807) is 18.3 Å². The van der Waals surface area contributed by atoms with Gasteiger partial charge in [0.15, 0.2) is 0 Å². The van der Waals surface area contributed by atoms with Crippen molar-refractivity contribution in [2.24, 2.45) is 5.73 Å². The largest absolute Gasteiger partial charge is 0.474 e. The average molecular weight is 234 g/mol. The first-order valence-electron chi connectivity index (χ1n) is 5.81. The minimum atomic E-state index is 0.000951. The van der Waals surface area contributed by atoms with E-state index in [4.69, 9.17) is 15.9 Å². The number of nitrogens with two attached hydrogens (primary N) is 1. The summed E-state index contributed by atoms with van der Waals surface area (Å²) in [7, 11) is 2.11. The molecule has 3 N–H and O–H groups in total. The number of pyridine rings is 1. The molecule has 1 aliphatic rings. The van der Waals surface area contributed by atoms with Crippen LogP contribution in [-0.4, -0.2) is 42.0 Å². The van der Waals surface area contributed by atoms with Crippen LogP contribution in [0.3, 0.4) is 0 Å². The second kappa shape index (κ2) is 5.14. The van der Waals surface area contributed by atoms with Gasteiger partial charge < -0.3 is 15.4 Å². The molecule has 0 aliphatic carbocycles. The summed E-state index contributed by atoms with van der Waals surface area (Å²) in [6.45, 7) is 2.07. The molecule has 2 heterocycles. The lowest BCUT2D eigenvalue weighted by Gasteiger charge is -2.29. The Labute approximate surface area is 101 Å². The molecule has 92 valence electrons. The van der Waals surface area contributed by atoms with Gasteiger partial charge in [-0.2, -0.15) is 0 Å². The molecule has 17 heavy (non-hydrogen) atoms. The summed E-state index contributed by atoms with van der Waals surface area (Å²) >= 11 is 0. The Morgan fingerprint density at radius 1 is 1.53 bits per heavy atom. The van der Waals surface area contributed by atoms with Gasteiger partial charge in [-0.3, -0.25) is 5.41 Å². The number of nitrogens with zero attached hydrogens (tertiary/aromatic N) is 2. The van der Waals surface area contributed by atoms with Crippen LogP contribution in [0.15, 0.2) is 18.3 Å². The summed E-state index contributed by atoms with van der Waals surface area (Å²) in [4.78, 5) is 6.44. The second-order valence-corrected chi connectivity index (χ2v) is 4.39. The zero-order valence-electron chi connectivity index (χ0n) is 10.0. The van der Waals surface area contributed by atoms with Gasteiger partial charge in [-0.05, 0) is 32.0 Å². The molecule has 0 radical (unpaired) electrons. The third kappa shape index (κ3) is 2.94. The van der Waals surface area contributed by atoms with Crippen molar-refractivity contribution >= 4 is 5.84 Å². The average Bonchev–Trinajstić information content (AvgIpc) is 2.32. The fraction of sp³-hybridized carbons (Fsp3) is 0.500. The Balaban J connectivity index is 2.05. The zero-order chi connectivity index (χ0) is 12.3. The van der Waals surface area contributed by atoms with Crippen LogP contribution in [0.1, 0.15) is 18.4 Å². The summed E-state index contributed by atoms with van der Waals surface area (Å²) in [6, 6.07) is 3.53. The molecular weight excluding hydrogens is 216 g/mol. The van der Waals surface area contributed by atoms with Gasteiger partial charge >= 0.3 is 0 Å². The van der Waals surface area contributed by atoms with Crippen LogP contribution in [0.5, 0.6) is 5.88 Å². The quantitative estimate of drug-likeness (QED) is 0.600. The van der Waals surface area contributed by atoms with Crippen molar-refractivity contribution in [3.05, 3.63) is 23.9 Å². The van der Waals surface area contributed by atoms with Crippen LogP contribution in [0, 0.1) is 5.41 Å². The van der Waals surface area contributed by atoms with E-state index >= 15 is 0 Å². The maximum Gasteiger partial charge on any atom is 0.224 e.